The molecular formula is C5H7N3O3. The van der Waals surface area contributed by atoms with Crippen molar-refractivity contribution < 1.29 is 9.90 Å². The van der Waals surface area contributed by atoms with E-state index in [2.05, 4.69) is 10.2 Å². The number of carboxylic acid groups (broad SMARTS) is 1. The fraction of sp³-hybridized carbons (Fsp3) is 0.400. The van der Waals surface area contributed by atoms with Crippen LogP contribution in [0.15, 0.2) is 11.1 Å². The Bertz CT molecular complexity index is 313. The van der Waals surface area contributed by atoms with E-state index in [0.717, 1.165) is 10.9 Å². The minimum Gasteiger partial charge on any atom is -0.480 e. The van der Waals surface area contributed by atoms with Crippen LogP contribution in [-0.4, -0.2) is 25.8 Å². The molecule has 0 aromatic carbocycles. The number of aromatic nitrogens is 3. The lowest BCUT2D eigenvalue weighted by Gasteiger charge is -2.03. The van der Waals surface area contributed by atoms with Crippen molar-refractivity contribution in [2.45, 2.75) is 13.0 Å². The van der Waals surface area contributed by atoms with Gasteiger partial charge in [-0.3, -0.25) is 4.57 Å². The fourth-order valence-electron chi connectivity index (χ4n) is 0.651. The number of hydrogen-bond donors (Lipinski definition) is 2. The third-order valence-corrected chi connectivity index (χ3v) is 1.35. The van der Waals surface area contributed by atoms with Crippen LogP contribution < -0.4 is 5.69 Å². The van der Waals surface area contributed by atoms with Gasteiger partial charge in [0.25, 0.3) is 0 Å². The molecule has 0 fully saturated rings. The maximum absolute atomic E-state index is 10.7. The molecule has 0 aliphatic rings. The van der Waals surface area contributed by atoms with Crippen LogP contribution in [0.2, 0.25) is 0 Å². The Morgan fingerprint density at radius 1 is 1.91 bits per heavy atom. The molecule has 1 aromatic heterocycles. The zero-order valence-corrected chi connectivity index (χ0v) is 5.81. The molecule has 0 saturated heterocycles. The van der Waals surface area contributed by atoms with Gasteiger partial charge in [-0.15, -0.1) is 0 Å². The summed E-state index contributed by atoms with van der Waals surface area (Å²) in [5, 5.41) is 14.0. The smallest absolute Gasteiger partial charge is 0.343 e. The second kappa shape index (κ2) is 2.57. The standard InChI is InChI=1S/C5H7N3O3/c1-3(4(9)10)8-2-6-7-5(8)11/h2-3H,1H3,(H,7,11)(H,9,10). The Kier molecular flexibility index (Phi) is 1.75. The SMILES string of the molecule is CC(C(=O)O)n1cn[nH]c1=O. The van der Waals surface area contributed by atoms with Crippen LogP contribution >= 0.6 is 0 Å². The van der Waals surface area contributed by atoms with Crippen molar-refractivity contribution in [2.24, 2.45) is 0 Å². The van der Waals surface area contributed by atoms with E-state index in [0.29, 0.717) is 0 Å². The maximum atomic E-state index is 10.7. The van der Waals surface area contributed by atoms with Gasteiger partial charge < -0.3 is 5.11 Å². The zero-order chi connectivity index (χ0) is 8.43. The van der Waals surface area contributed by atoms with Crippen LogP contribution in [0.4, 0.5) is 0 Å². The van der Waals surface area contributed by atoms with Crippen LogP contribution in [0.1, 0.15) is 13.0 Å². The molecule has 0 amide bonds. The summed E-state index contributed by atoms with van der Waals surface area (Å²) in [7, 11) is 0. The molecule has 6 heteroatoms. The van der Waals surface area contributed by atoms with E-state index in [1.165, 1.54) is 6.92 Å². The van der Waals surface area contributed by atoms with Crippen LogP contribution in [0, 0.1) is 0 Å². The molecule has 11 heavy (non-hydrogen) atoms. The fourth-order valence-corrected chi connectivity index (χ4v) is 0.651. The summed E-state index contributed by atoms with van der Waals surface area (Å²) in [5.74, 6) is -1.06. The van der Waals surface area contributed by atoms with Gasteiger partial charge in [0, 0.05) is 0 Å². The van der Waals surface area contributed by atoms with E-state index in [9.17, 15) is 9.59 Å². The minimum absolute atomic E-state index is 0.514. The molecule has 1 unspecified atom stereocenters. The van der Waals surface area contributed by atoms with Crippen molar-refractivity contribution in [3.63, 3.8) is 0 Å². The highest BCUT2D eigenvalue weighted by atomic mass is 16.4. The predicted octanol–water partition coefficient (Wildman–Crippen LogP) is -0.783. The first-order valence-corrected chi connectivity index (χ1v) is 2.97. The van der Waals surface area contributed by atoms with Gasteiger partial charge >= 0.3 is 11.7 Å². The Hall–Kier alpha value is -1.59. The highest BCUT2D eigenvalue weighted by Gasteiger charge is 2.14. The van der Waals surface area contributed by atoms with Crippen LogP contribution in [-0.2, 0) is 4.79 Å². The monoisotopic (exact) mass is 157 g/mol. The zero-order valence-electron chi connectivity index (χ0n) is 5.81. The molecule has 60 valence electrons. The minimum atomic E-state index is -1.06. The average molecular weight is 157 g/mol. The summed E-state index contributed by atoms with van der Waals surface area (Å²) in [6, 6.07) is -0.874. The lowest BCUT2D eigenvalue weighted by molar-refractivity contribution is -0.140. The number of H-pyrrole nitrogens is 1. The molecule has 1 heterocycles. The van der Waals surface area contributed by atoms with Crippen molar-refractivity contribution in [1.29, 1.82) is 0 Å². The highest BCUT2D eigenvalue weighted by molar-refractivity contribution is 5.71. The van der Waals surface area contributed by atoms with E-state index in [4.69, 9.17) is 5.11 Å². The first kappa shape index (κ1) is 7.52. The average Bonchev–Trinajstić information content (AvgIpc) is 2.33. The summed E-state index contributed by atoms with van der Waals surface area (Å²) < 4.78 is 1.00. The van der Waals surface area contributed by atoms with Gasteiger partial charge in [-0.05, 0) is 6.92 Å². The lowest BCUT2D eigenvalue weighted by atomic mass is 10.3. The molecule has 1 aromatic rings. The molecule has 0 bridgehead atoms. The Morgan fingerprint density at radius 3 is 2.91 bits per heavy atom. The van der Waals surface area contributed by atoms with Crippen LogP contribution in [0.25, 0.3) is 0 Å². The number of nitrogens with one attached hydrogen (secondary N) is 1. The molecule has 0 radical (unpaired) electrons. The normalized spacial score (nSPS) is 12.8. The van der Waals surface area contributed by atoms with E-state index in [-0.39, 0.29) is 0 Å². The largest absolute Gasteiger partial charge is 0.480 e. The Morgan fingerprint density at radius 2 is 2.55 bits per heavy atom. The summed E-state index contributed by atoms with van der Waals surface area (Å²) >= 11 is 0. The van der Waals surface area contributed by atoms with Crippen molar-refractivity contribution in [2.75, 3.05) is 0 Å². The van der Waals surface area contributed by atoms with E-state index in [1.807, 2.05) is 0 Å². The van der Waals surface area contributed by atoms with E-state index < -0.39 is 17.7 Å². The maximum Gasteiger partial charge on any atom is 0.343 e. The molecule has 1 atom stereocenters. The number of rotatable bonds is 2. The van der Waals surface area contributed by atoms with Crippen LogP contribution in [0.3, 0.4) is 0 Å². The Balaban J connectivity index is 3.02. The summed E-state index contributed by atoms with van der Waals surface area (Å²) in [6.45, 7) is 1.40. The van der Waals surface area contributed by atoms with Gasteiger partial charge in [0.05, 0.1) is 0 Å². The summed E-state index contributed by atoms with van der Waals surface area (Å²) in [4.78, 5) is 21.1. The van der Waals surface area contributed by atoms with Gasteiger partial charge in [0.2, 0.25) is 0 Å². The summed E-state index contributed by atoms with van der Waals surface area (Å²) in [5.41, 5.74) is -0.514. The number of aromatic amines is 1. The second-order valence-corrected chi connectivity index (χ2v) is 2.08. The van der Waals surface area contributed by atoms with Gasteiger partial charge in [-0.25, -0.2) is 14.7 Å². The molecule has 0 aliphatic carbocycles. The van der Waals surface area contributed by atoms with Crippen molar-refractivity contribution in [1.82, 2.24) is 14.8 Å². The summed E-state index contributed by atoms with van der Waals surface area (Å²) in [6.07, 6.45) is 1.15. The lowest BCUT2D eigenvalue weighted by Crippen LogP contribution is -2.25. The van der Waals surface area contributed by atoms with Gasteiger partial charge in [-0.1, -0.05) is 0 Å². The number of aliphatic carboxylic acids is 1. The molecule has 1 rings (SSSR count). The topological polar surface area (TPSA) is 88.0 Å². The third kappa shape index (κ3) is 1.28. The van der Waals surface area contributed by atoms with Gasteiger partial charge in [-0.2, -0.15) is 5.10 Å². The molecule has 0 spiro atoms. The van der Waals surface area contributed by atoms with Gasteiger partial charge in [0.15, 0.2) is 0 Å². The van der Waals surface area contributed by atoms with Crippen LogP contribution in [0.5, 0.6) is 0 Å². The number of nitrogens with zero attached hydrogens (tertiary/aromatic N) is 2. The quantitative estimate of drug-likeness (QED) is 0.589. The Labute approximate surface area is 61.5 Å². The molecule has 0 saturated carbocycles. The van der Waals surface area contributed by atoms with E-state index >= 15 is 0 Å². The molecular weight excluding hydrogens is 150 g/mol. The van der Waals surface area contributed by atoms with Crippen molar-refractivity contribution in [3.8, 4) is 0 Å². The molecule has 0 aliphatic heterocycles. The number of carbonyl (C=O) groups is 1. The number of carboxylic acids is 1. The first-order valence-electron chi connectivity index (χ1n) is 2.97. The highest BCUT2D eigenvalue weighted by Crippen LogP contribution is 1.98. The second-order valence-electron chi connectivity index (χ2n) is 2.08. The predicted molar refractivity (Wildman–Crippen MR) is 35.2 cm³/mol. The number of hydrogen-bond acceptors (Lipinski definition) is 3. The van der Waals surface area contributed by atoms with Crippen molar-refractivity contribution >= 4 is 5.97 Å². The molecule has 6 nitrogen and oxygen atoms in total. The molecule has 2 N–H and O–H groups in total. The third-order valence-electron chi connectivity index (χ3n) is 1.35. The van der Waals surface area contributed by atoms with Crippen molar-refractivity contribution in [3.05, 3.63) is 16.8 Å². The first-order chi connectivity index (χ1) is 5.13. The van der Waals surface area contributed by atoms with Gasteiger partial charge in [0.1, 0.15) is 12.4 Å². The van der Waals surface area contributed by atoms with E-state index in [1.54, 1.807) is 0 Å².